The Balaban J connectivity index is 0.927. The molecule has 1 amide bonds. The van der Waals surface area contributed by atoms with Crippen molar-refractivity contribution in [3.63, 3.8) is 0 Å². The molecule has 1 saturated heterocycles. The molecule has 0 aliphatic carbocycles. The SMILES string of the molecule is CCCOCCN1CCN(c2ncc(C(=O)N3CCc4cc(Cn5nc(-c6ccc7oc(N)nc7c6)c6c(N)ncnc65)ccc4C3)cn2)CC1. The van der Waals surface area contributed by atoms with E-state index >= 15 is 0 Å². The molecule has 2 aromatic carbocycles. The number of anilines is 3. The number of nitrogens with two attached hydrogens (primary N) is 2. The quantitative estimate of drug-likeness (QED) is 0.200. The maximum Gasteiger partial charge on any atom is 0.292 e. The summed E-state index contributed by atoms with van der Waals surface area (Å²) in [5.41, 5.74) is 19.3. The van der Waals surface area contributed by atoms with E-state index in [9.17, 15) is 4.79 Å². The fourth-order valence-corrected chi connectivity index (χ4v) is 6.88. The molecule has 0 radical (unpaired) electrons. The molecule has 15 nitrogen and oxygen atoms in total. The van der Waals surface area contributed by atoms with Crippen molar-refractivity contribution >= 4 is 45.8 Å². The predicted octanol–water partition coefficient (Wildman–Crippen LogP) is 3.38. The summed E-state index contributed by atoms with van der Waals surface area (Å²) in [5.74, 6) is 0.948. The third kappa shape index (κ3) is 6.65. The monoisotopic (exact) mass is 688 g/mol. The van der Waals surface area contributed by atoms with Crippen molar-refractivity contribution in [3.8, 4) is 11.3 Å². The number of carbonyl (C=O) groups excluding carboxylic acids is 1. The van der Waals surface area contributed by atoms with Gasteiger partial charge in [0.1, 0.15) is 23.4 Å². The van der Waals surface area contributed by atoms with Crippen LogP contribution in [0.15, 0.2) is 59.5 Å². The third-order valence-corrected chi connectivity index (χ3v) is 9.58. The van der Waals surface area contributed by atoms with Gasteiger partial charge in [-0.25, -0.2) is 24.6 Å². The van der Waals surface area contributed by atoms with Crippen molar-refractivity contribution in [2.75, 3.05) is 68.8 Å². The van der Waals surface area contributed by atoms with E-state index in [2.05, 4.69) is 59.8 Å². The molecule has 8 rings (SSSR count). The summed E-state index contributed by atoms with van der Waals surface area (Å²) in [4.78, 5) is 42.1. The third-order valence-electron chi connectivity index (χ3n) is 9.58. The molecule has 1 fully saturated rings. The van der Waals surface area contributed by atoms with Gasteiger partial charge in [-0.1, -0.05) is 25.1 Å². The summed E-state index contributed by atoms with van der Waals surface area (Å²) in [6.45, 7) is 9.82. The van der Waals surface area contributed by atoms with Gasteiger partial charge in [0.15, 0.2) is 11.2 Å². The molecule has 51 heavy (non-hydrogen) atoms. The van der Waals surface area contributed by atoms with Crippen LogP contribution in [0.25, 0.3) is 33.4 Å². The van der Waals surface area contributed by atoms with Gasteiger partial charge in [-0.3, -0.25) is 9.69 Å². The van der Waals surface area contributed by atoms with Crippen LogP contribution in [0.5, 0.6) is 0 Å². The van der Waals surface area contributed by atoms with Crippen LogP contribution in [0.4, 0.5) is 17.8 Å². The number of nitrogens with zero attached hydrogens (tertiary/aromatic N) is 10. The van der Waals surface area contributed by atoms with E-state index in [0.717, 1.165) is 75.5 Å². The summed E-state index contributed by atoms with van der Waals surface area (Å²) in [7, 11) is 0. The van der Waals surface area contributed by atoms with Crippen molar-refractivity contribution in [1.29, 1.82) is 0 Å². The van der Waals surface area contributed by atoms with Crippen LogP contribution in [0.2, 0.25) is 0 Å². The molecule has 0 atom stereocenters. The Morgan fingerprint density at radius 2 is 1.78 bits per heavy atom. The van der Waals surface area contributed by atoms with Gasteiger partial charge in [-0.2, -0.15) is 10.1 Å². The number of benzene rings is 2. The predicted molar refractivity (Wildman–Crippen MR) is 193 cm³/mol. The number of hydrogen-bond acceptors (Lipinski definition) is 13. The Bertz CT molecular complexity index is 2190. The smallest absolute Gasteiger partial charge is 0.292 e. The molecule has 2 aliphatic rings. The van der Waals surface area contributed by atoms with Crippen LogP contribution in [0, 0.1) is 0 Å². The molecule has 6 heterocycles. The average molecular weight is 689 g/mol. The van der Waals surface area contributed by atoms with Crippen molar-refractivity contribution in [1.82, 2.24) is 44.5 Å². The molecule has 2 aliphatic heterocycles. The van der Waals surface area contributed by atoms with Crippen LogP contribution < -0.4 is 16.4 Å². The Kier molecular flexibility index (Phi) is 8.88. The number of amides is 1. The molecule has 4 aromatic heterocycles. The fourth-order valence-electron chi connectivity index (χ4n) is 6.88. The minimum absolute atomic E-state index is 0.0625. The number of hydrogen-bond donors (Lipinski definition) is 2. The maximum atomic E-state index is 13.5. The molecule has 0 bridgehead atoms. The van der Waals surface area contributed by atoms with E-state index in [1.165, 1.54) is 11.9 Å². The Morgan fingerprint density at radius 3 is 2.61 bits per heavy atom. The first-order valence-electron chi connectivity index (χ1n) is 17.3. The molecule has 15 heteroatoms. The molecule has 262 valence electrons. The van der Waals surface area contributed by atoms with Gasteiger partial charge in [-0.15, -0.1) is 0 Å². The van der Waals surface area contributed by atoms with Crippen molar-refractivity contribution in [3.05, 3.63) is 77.4 Å². The van der Waals surface area contributed by atoms with Crippen molar-refractivity contribution in [2.24, 2.45) is 0 Å². The first-order valence-corrected chi connectivity index (χ1v) is 17.3. The van der Waals surface area contributed by atoms with E-state index in [0.29, 0.717) is 64.8 Å². The highest BCUT2D eigenvalue weighted by Gasteiger charge is 2.25. The summed E-state index contributed by atoms with van der Waals surface area (Å²) in [6.07, 6.45) is 6.55. The second kappa shape index (κ2) is 13.9. The molecule has 0 saturated carbocycles. The molecular weight excluding hydrogens is 648 g/mol. The summed E-state index contributed by atoms with van der Waals surface area (Å²) >= 11 is 0. The normalized spacial score (nSPS) is 15.2. The number of oxazole rings is 1. The lowest BCUT2D eigenvalue weighted by Gasteiger charge is -2.34. The standard InChI is InChI=1S/C36H40N12O3/c1-2-14-50-15-13-45-9-11-46(12-10-45)36-39-18-27(19-40-36)34(49)47-8-7-24-16-23(3-4-26(24)21-47)20-48-33-30(32(37)41-22-42-33)31(44-48)25-5-6-29-28(17-25)43-35(38)51-29/h3-6,16-19,22H,2,7-15,20-21H2,1H3,(H2,38,43)(H2,37,41,42). The van der Waals surface area contributed by atoms with Gasteiger partial charge in [0.25, 0.3) is 11.9 Å². The second-order valence-corrected chi connectivity index (χ2v) is 13.0. The van der Waals surface area contributed by atoms with Gasteiger partial charge < -0.3 is 30.4 Å². The molecule has 0 spiro atoms. The average Bonchev–Trinajstić information content (AvgIpc) is 3.73. The number of rotatable bonds is 10. The summed E-state index contributed by atoms with van der Waals surface area (Å²) in [6, 6.07) is 12.0. The zero-order valence-corrected chi connectivity index (χ0v) is 28.5. The van der Waals surface area contributed by atoms with Crippen LogP contribution in [0.3, 0.4) is 0 Å². The van der Waals surface area contributed by atoms with E-state index in [-0.39, 0.29) is 11.9 Å². The van der Waals surface area contributed by atoms with E-state index in [1.54, 1.807) is 12.4 Å². The van der Waals surface area contributed by atoms with Gasteiger partial charge in [0, 0.05) is 70.4 Å². The first kappa shape index (κ1) is 32.5. The molecule has 4 N–H and O–H groups in total. The summed E-state index contributed by atoms with van der Waals surface area (Å²) in [5, 5.41) is 5.61. The lowest BCUT2D eigenvalue weighted by molar-refractivity contribution is 0.0734. The lowest BCUT2D eigenvalue weighted by atomic mass is 9.97. The Hall–Kier alpha value is -5.67. The van der Waals surface area contributed by atoms with Gasteiger partial charge in [-0.05, 0) is 47.7 Å². The highest BCUT2D eigenvalue weighted by atomic mass is 16.5. The van der Waals surface area contributed by atoms with E-state index < -0.39 is 0 Å². The van der Waals surface area contributed by atoms with Gasteiger partial charge >= 0.3 is 0 Å². The van der Waals surface area contributed by atoms with Crippen molar-refractivity contribution in [2.45, 2.75) is 32.9 Å². The highest BCUT2D eigenvalue weighted by molar-refractivity contribution is 5.99. The fraction of sp³-hybridized carbons (Fsp3) is 0.361. The zero-order valence-electron chi connectivity index (χ0n) is 28.5. The summed E-state index contributed by atoms with van der Waals surface area (Å²) < 4.78 is 12.9. The maximum absolute atomic E-state index is 13.5. The Labute approximate surface area is 294 Å². The van der Waals surface area contributed by atoms with E-state index in [1.807, 2.05) is 27.8 Å². The largest absolute Gasteiger partial charge is 0.424 e. The molecule has 6 aromatic rings. The number of aromatic nitrogens is 7. The lowest BCUT2D eigenvalue weighted by Crippen LogP contribution is -2.48. The molecular formula is C36H40N12O3. The van der Waals surface area contributed by atoms with Crippen LogP contribution in [-0.4, -0.2) is 103 Å². The second-order valence-electron chi connectivity index (χ2n) is 13.0. The first-order chi connectivity index (χ1) is 24.9. The van der Waals surface area contributed by atoms with Crippen LogP contribution >= 0.6 is 0 Å². The number of ether oxygens (including phenoxy) is 1. The van der Waals surface area contributed by atoms with Gasteiger partial charge in [0.05, 0.1) is 24.1 Å². The zero-order chi connectivity index (χ0) is 34.9. The minimum Gasteiger partial charge on any atom is -0.424 e. The Morgan fingerprint density at radius 1 is 0.941 bits per heavy atom. The number of piperazine rings is 1. The van der Waals surface area contributed by atoms with E-state index in [4.69, 9.17) is 25.7 Å². The van der Waals surface area contributed by atoms with Gasteiger partial charge in [0.2, 0.25) is 5.95 Å². The topological polar surface area (TPSA) is 183 Å². The van der Waals surface area contributed by atoms with Crippen LogP contribution in [-0.2, 0) is 24.2 Å². The highest BCUT2D eigenvalue weighted by Crippen LogP contribution is 2.33. The van der Waals surface area contributed by atoms with Crippen molar-refractivity contribution < 1.29 is 13.9 Å². The molecule has 0 unspecified atom stereocenters. The number of nitrogen functional groups attached to an aromatic ring is 2. The number of carbonyl (C=O) groups is 1. The number of fused-ring (bicyclic) bond motifs is 3. The van der Waals surface area contributed by atoms with Crippen LogP contribution in [0.1, 0.15) is 40.4 Å². The minimum atomic E-state index is -0.0625.